The van der Waals surface area contributed by atoms with Crippen LogP contribution in [0.4, 0.5) is 0 Å². The van der Waals surface area contributed by atoms with Gasteiger partial charge in [-0.3, -0.25) is 4.79 Å². The molecule has 0 N–H and O–H groups in total. The number of hydrogen-bond donors (Lipinski definition) is 0. The number of Topliss-reactive ketones (excluding diaryl/α,β-unsaturated/α-hetero) is 1. The van der Waals surface area contributed by atoms with Crippen LogP contribution in [-0.2, 0) is 4.79 Å². The molecule has 0 aromatic rings. The number of likely N-dealkylation sites (tertiary alicyclic amines) is 1. The first-order chi connectivity index (χ1) is 8.21. The van der Waals surface area contributed by atoms with E-state index in [0.29, 0.717) is 23.7 Å². The number of hydrogen-bond acceptors (Lipinski definition) is 1. The maximum absolute atomic E-state index is 12.4. The molecule has 0 radical (unpaired) electrons. The molecule has 3 atom stereocenters. The minimum atomic E-state index is 0.422. The molecular weight excluding hydrogens is 210 g/mol. The Morgan fingerprint density at radius 2 is 1.71 bits per heavy atom. The SMILES string of the molecule is C[N+]1(C2CCC3CCCC2C3=O)CCCCC1. The highest BCUT2D eigenvalue weighted by Crippen LogP contribution is 2.42. The molecule has 2 nitrogen and oxygen atoms in total. The molecule has 0 aromatic carbocycles. The molecule has 1 aliphatic heterocycles. The first kappa shape index (κ1) is 11.7. The van der Waals surface area contributed by atoms with Gasteiger partial charge in [0.05, 0.1) is 32.1 Å². The predicted molar refractivity (Wildman–Crippen MR) is 68.6 cm³/mol. The van der Waals surface area contributed by atoms with E-state index in [-0.39, 0.29) is 0 Å². The molecule has 0 amide bonds. The summed E-state index contributed by atoms with van der Waals surface area (Å²) in [5.74, 6) is 1.50. The first-order valence-corrected chi connectivity index (χ1v) is 7.59. The Balaban J connectivity index is 1.80. The van der Waals surface area contributed by atoms with Gasteiger partial charge in [-0.1, -0.05) is 6.42 Å². The Bertz CT molecular complexity index is 306. The van der Waals surface area contributed by atoms with Crippen LogP contribution < -0.4 is 0 Å². The second-order valence-electron chi connectivity index (χ2n) is 6.77. The van der Waals surface area contributed by atoms with E-state index in [0.717, 1.165) is 0 Å². The van der Waals surface area contributed by atoms with E-state index in [2.05, 4.69) is 7.05 Å². The van der Waals surface area contributed by atoms with E-state index < -0.39 is 0 Å². The van der Waals surface area contributed by atoms with Gasteiger partial charge in [-0.2, -0.15) is 0 Å². The first-order valence-electron chi connectivity index (χ1n) is 7.59. The quantitative estimate of drug-likeness (QED) is 0.640. The lowest BCUT2D eigenvalue weighted by Crippen LogP contribution is -2.61. The Hall–Kier alpha value is -0.370. The van der Waals surface area contributed by atoms with Gasteiger partial charge in [-0.05, 0) is 38.5 Å². The smallest absolute Gasteiger partial charge is 0.144 e. The normalized spacial score (nSPS) is 41.2. The standard InChI is InChI=1S/C15H26NO/c1-16(10-3-2-4-11-16)14-9-8-12-6-5-7-13(14)15(12)17/h12-14H,2-11H2,1H3/q+1. The molecule has 2 heteroatoms. The van der Waals surface area contributed by atoms with Gasteiger partial charge in [0.15, 0.2) is 0 Å². The van der Waals surface area contributed by atoms with Gasteiger partial charge in [0, 0.05) is 12.3 Å². The Morgan fingerprint density at radius 1 is 0.941 bits per heavy atom. The van der Waals surface area contributed by atoms with E-state index >= 15 is 0 Å². The molecule has 2 bridgehead atoms. The van der Waals surface area contributed by atoms with Crippen molar-refractivity contribution in [3.63, 3.8) is 0 Å². The fourth-order valence-corrected chi connectivity index (χ4v) is 4.73. The number of quaternary nitrogens is 1. The molecule has 96 valence electrons. The summed E-state index contributed by atoms with van der Waals surface area (Å²) in [7, 11) is 2.42. The van der Waals surface area contributed by atoms with Crippen LogP contribution in [0.5, 0.6) is 0 Å². The van der Waals surface area contributed by atoms with E-state index in [4.69, 9.17) is 0 Å². The Kier molecular flexibility index (Phi) is 3.02. The van der Waals surface area contributed by atoms with Crippen LogP contribution in [-0.4, -0.2) is 36.4 Å². The Labute approximate surface area is 105 Å². The molecule has 17 heavy (non-hydrogen) atoms. The minimum Gasteiger partial charge on any atom is -0.323 e. The second-order valence-corrected chi connectivity index (χ2v) is 6.77. The van der Waals surface area contributed by atoms with Crippen LogP contribution in [0.25, 0.3) is 0 Å². The number of ketones is 1. The molecule has 3 unspecified atom stereocenters. The average molecular weight is 236 g/mol. The average Bonchev–Trinajstić information content (AvgIpc) is 2.29. The van der Waals surface area contributed by atoms with Crippen molar-refractivity contribution < 1.29 is 9.28 Å². The van der Waals surface area contributed by atoms with Crippen LogP contribution in [0.1, 0.15) is 51.4 Å². The van der Waals surface area contributed by atoms with Gasteiger partial charge >= 0.3 is 0 Å². The van der Waals surface area contributed by atoms with Crippen molar-refractivity contribution in [1.82, 2.24) is 0 Å². The largest absolute Gasteiger partial charge is 0.323 e. The van der Waals surface area contributed by atoms with E-state index in [9.17, 15) is 4.79 Å². The number of carbonyl (C=O) groups excluding carboxylic acids is 1. The van der Waals surface area contributed by atoms with Crippen molar-refractivity contribution in [2.45, 2.75) is 57.4 Å². The molecule has 1 saturated heterocycles. The fraction of sp³-hybridized carbons (Fsp3) is 0.933. The van der Waals surface area contributed by atoms with Crippen LogP contribution in [0.2, 0.25) is 0 Å². The molecule has 0 spiro atoms. The monoisotopic (exact) mass is 236 g/mol. The number of fused-ring (bicyclic) bond motifs is 2. The van der Waals surface area contributed by atoms with E-state index in [1.165, 1.54) is 68.9 Å². The third kappa shape index (κ3) is 1.95. The maximum atomic E-state index is 12.4. The molecule has 3 aliphatic rings. The molecule has 2 saturated carbocycles. The summed E-state index contributed by atoms with van der Waals surface area (Å²) in [6, 6.07) is 0.666. The lowest BCUT2D eigenvalue weighted by atomic mass is 9.67. The number of nitrogens with zero attached hydrogens (tertiary/aromatic N) is 1. The fourth-order valence-electron chi connectivity index (χ4n) is 4.73. The van der Waals surface area contributed by atoms with Crippen LogP contribution in [0.15, 0.2) is 0 Å². The number of rotatable bonds is 1. The Morgan fingerprint density at radius 3 is 2.47 bits per heavy atom. The number of piperidine rings is 1. The zero-order chi connectivity index (χ0) is 11.9. The van der Waals surface area contributed by atoms with Gasteiger partial charge in [0.1, 0.15) is 5.78 Å². The van der Waals surface area contributed by atoms with Crippen molar-refractivity contribution in [2.24, 2.45) is 11.8 Å². The number of carbonyl (C=O) groups is 1. The maximum Gasteiger partial charge on any atom is 0.144 e. The third-order valence-corrected chi connectivity index (χ3v) is 5.75. The van der Waals surface area contributed by atoms with Gasteiger partial charge in [-0.25, -0.2) is 0 Å². The zero-order valence-electron chi connectivity index (χ0n) is 11.2. The van der Waals surface area contributed by atoms with Crippen LogP contribution >= 0.6 is 0 Å². The summed E-state index contributed by atoms with van der Waals surface area (Å²) in [6.45, 7) is 2.64. The summed E-state index contributed by atoms with van der Waals surface area (Å²) in [4.78, 5) is 12.4. The molecular formula is C15H26NO+. The lowest BCUT2D eigenvalue weighted by Gasteiger charge is -2.50. The van der Waals surface area contributed by atoms with Crippen molar-refractivity contribution >= 4 is 5.78 Å². The molecule has 3 rings (SSSR count). The highest BCUT2D eigenvalue weighted by Gasteiger charge is 2.48. The summed E-state index contributed by atoms with van der Waals surface area (Å²) in [6.07, 6.45) is 10.3. The van der Waals surface area contributed by atoms with Crippen molar-refractivity contribution in [3.05, 3.63) is 0 Å². The van der Waals surface area contributed by atoms with Gasteiger partial charge in [0.25, 0.3) is 0 Å². The van der Waals surface area contributed by atoms with Gasteiger partial charge in [0.2, 0.25) is 0 Å². The van der Waals surface area contributed by atoms with Crippen molar-refractivity contribution in [1.29, 1.82) is 0 Å². The van der Waals surface area contributed by atoms with E-state index in [1.54, 1.807) is 0 Å². The summed E-state index contributed by atoms with van der Waals surface area (Å²) in [5, 5.41) is 0. The molecule has 0 aromatic heterocycles. The van der Waals surface area contributed by atoms with Crippen LogP contribution in [0, 0.1) is 11.8 Å². The third-order valence-electron chi connectivity index (χ3n) is 5.75. The van der Waals surface area contributed by atoms with Crippen molar-refractivity contribution in [2.75, 3.05) is 20.1 Å². The van der Waals surface area contributed by atoms with Gasteiger partial charge in [-0.15, -0.1) is 0 Å². The minimum absolute atomic E-state index is 0.422. The predicted octanol–water partition coefficient (Wildman–Crippen LogP) is 2.76. The lowest BCUT2D eigenvalue weighted by molar-refractivity contribution is -0.941. The highest BCUT2D eigenvalue weighted by molar-refractivity contribution is 5.85. The van der Waals surface area contributed by atoms with Gasteiger partial charge < -0.3 is 4.48 Å². The van der Waals surface area contributed by atoms with E-state index in [1.807, 2.05) is 0 Å². The summed E-state index contributed by atoms with van der Waals surface area (Å²) >= 11 is 0. The highest BCUT2D eigenvalue weighted by atomic mass is 16.1. The topological polar surface area (TPSA) is 17.1 Å². The zero-order valence-corrected chi connectivity index (χ0v) is 11.2. The summed E-state index contributed by atoms with van der Waals surface area (Å²) in [5.41, 5.74) is 0. The second kappa shape index (κ2) is 4.38. The molecule has 1 heterocycles. The van der Waals surface area contributed by atoms with Crippen LogP contribution in [0.3, 0.4) is 0 Å². The van der Waals surface area contributed by atoms with Crippen molar-refractivity contribution in [3.8, 4) is 0 Å². The molecule has 2 aliphatic carbocycles. The summed E-state index contributed by atoms with van der Waals surface area (Å²) < 4.78 is 1.21. The molecule has 3 fully saturated rings.